The van der Waals surface area contributed by atoms with E-state index in [1.807, 2.05) is 45.0 Å². The normalized spacial score (nSPS) is 14.9. The van der Waals surface area contributed by atoms with Crippen molar-refractivity contribution in [3.8, 4) is 23.3 Å². The van der Waals surface area contributed by atoms with Crippen LogP contribution >= 0.6 is 35.8 Å². The van der Waals surface area contributed by atoms with Crippen molar-refractivity contribution < 1.29 is 9.47 Å². The van der Waals surface area contributed by atoms with Crippen LogP contribution in [0.1, 0.15) is 17.5 Å². The van der Waals surface area contributed by atoms with Crippen molar-refractivity contribution in [2.75, 3.05) is 37.0 Å². The highest BCUT2D eigenvalue weighted by molar-refractivity contribution is 8.00. The Morgan fingerprint density at radius 1 is 0.483 bits per heavy atom. The number of benzene rings is 4. The smallest absolute Gasteiger partial charge is 0.260 e. The van der Waals surface area contributed by atoms with Crippen molar-refractivity contribution in [2.24, 2.45) is 0 Å². The fraction of sp³-hybridized carbons (Fsp3) is 0.143. The lowest BCUT2D eigenvalue weighted by atomic mass is 9.30. The zero-order chi connectivity index (χ0) is 40.3. The minimum absolute atomic E-state index is 0.137. The van der Waals surface area contributed by atoms with E-state index < -0.39 is 0 Å². The maximum absolute atomic E-state index is 6.55. The molecule has 12 nitrogen and oxygen atoms in total. The highest BCUT2D eigenvalue weighted by Crippen LogP contribution is 2.45. The minimum atomic E-state index is -0.193. The van der Waals surface area contributed by atoms with Crippen molar-refractivity contribution in [1.82, 2.24) is 29.9 Å². The van der Waals surface area contributed by atoms with E-state index in [1.54, 1.807) is 35.8 Å². The van der Waals surface area contributed by atoms with Gasteiger partial charge in [0.05, 0.1) is 17.1 Å². The Balaban J connectivity index is 1.10. The second-order valence-corrected chi connectivity index (χ2v) is 17.8. The van der Waals surface area contributed by atoms with Gasteiger partial charge >= 0.3 is 0 Å². The van der Waals surface area contributed by atoms with Gasteiger partial charge in [-0.2, -0.15) is 9.97 Å². The van der Waals surface area contributed by atoms with Crippen LogP contribution in [0.5, 0.6) is 23.3 Å². The molecule has 60 heavy (non-hydrogen) atoms. The Hall–Kier alpha value is -5.84. The summed E-state index contributed by atoms with van der Waals surface area (Å²) in [5.41, 5.74) is 14.2. The van der Waals surface area contributed by atoms with Gasteiger partial charge < -0.3 is 14.8 Å². The van der Waals surface area contributed by atoms with E-state index in [0.29, 0.717) is 29.2 Å². The van der Waals surface area contributed by atoms with Gasteiger partial charge in [-0.15, -0.1) is 0 Å². The summed E-state index contributed by atoms with van der Waals surface area (Å²) in [6.07, 6.45) is 6.34. The Kier molecular flexibility index (Phi) is 7.21. The summed E-state index contributed by atoms with van der Waals surface area (Å²) >= 11 is 4.96. The first-order valence-electron chi connectivity index (χ1n) is 19.7. The van der Waals surface area contributed by atoms with Crippen LogP contribution in [0.25, 0.3) is 0 Å². The molecule has 3 aromatic heterocycles. The van der Waals surface area contributed by atoms with Crippen LogP contribution in [-0.2, 0) is 0 Å². The van der Waals surface area contributed by atoms with Gasteiger partial charge in [0.15, 0.2) is 0 Å². The fourth-order valence-corrected chi connectivity index (χ4v) is 12.2. The lowest BCUT2D eigenvalue weighted by molar-refractivity contribution is 0.464. The quantitative estimate of drug-likeness (QED) is 0.208. The Bertz CT molecular complexity index is 3120. The molecule has 0 saturated carbocycles. The average Bonchev–Trinajstić information content (AvgIpc) is 3.24. The van der Waals surface area contributed by atoms with Crippen molar-refractivity contribution in [3.05, 3.63) is 90.3 Å². The lowest BCUT2D eigenvalue weighted by Crippen LogP contribution is -2.66. The van der Waals surface area contributed by atoms with Crippen molar-refractivity contribution in [1.29, 1.82) is 0 Å². The fourth-order valence-electron chi connectivity index (χ4n) is 10.2. The van der Waals surface area contributed by atoms with Crippen molar-refractivity contribution >= 4 is 151 Å². The highest BCUT2D eigenvalue weighted by atomic mass is 32.2. The zero-order valence-electron chi connectivity index (χ0n) is 33.2. The number of fused-ring (bicyclic) bond motifs is 12. The number of hydrogen-bond acceptors (Lipinski definition) is 15. The third-order valence-corrected chi connectivity index (χ3v) is 14.6. The third kappa shape index (κ3) is 4.50. The maximum atomic E-state index is 6.55. The predicted molar refractivity (Wildman–Crippen MR) is 250 cm³/mol. The number of anilines is 8. The van der Waals surface area contributed by atoms with Gasteiger partial charge in [0.2, 0.25) is 11.8 Å². The van der Waals surface area contributed by atoms with Crippen molar-refractivity contribution in [2.45, 2.75) is 20.8 Å². The topological polar surface area (TPSA) is 118 Å². The molecule has 0 amide bonds. The molecule has 1 N–H and O–H groups in total. The molecule has 4 aromatic carbocycles. The van der Waals surface area contributed by atoms with Gasteiger partial charge in [-0.1, -0.05) is 48.5 Å². The molecule has 0 radical (unpaired) electrons. The molecule has 6 aliphatic rings. The summed E-state index contributed by atoms with van der Waals surface area (Å²) in [7, 11) is 0. The summed E-state index contributed by atoms with van der Waals surface area (Å²) in [5, 5.41) is 3.73. The molecule has 0 saturated heterocycles. The minimum Gasteiger partial charge on any atom is -0.440 e. The molecule has 9 heterocycles. The number of para-hydroxylation sites is 2. The number of aryl methyl sites for hydroxylation is 3. The predicted octanol–water partition coefficient (Wildman–Crippen LogP) is 2.99. The van der Waals surface area contributed by atoms with E-state index in [2.05, 4.69) is 85.5 Å². The van der Waals surface area contributed by atoms with E-state index in [0.717, 1.165) is 90.3 Å². The average molecular weight is 836 g/mol. The van der Waals surface area contributed by atoms with Crippen LogP contribution in [0.4, 0.5) is 46.0 Å². The summed E-state index contributed by atoms with van der Waals surface area (Å²) in [6, 6.07) is 26.1. The monoisotopic (exact) mass is 836 g/mol. The molecule has 0 fully saturated rings. The van der Waals surface area contributed by atoms with Gasteiger partial charge in [-0.05, 0) is 114 Å². The van der Waals surface area contributed by atoms with Crippen LogP contribution < -0.4 is 76.9 Å². The van der Waals surface area contributed by atoms with Crippen LogP contribution in [-0.4, -0.2) is 68.8 Å². The SMILES string of the molecule is CSN1c2cc3c(cc2B2c4ccccc4Oc4nc(C)nc1c42)B1c2cc4c(cc2N(SC)c2nc(C)nc(c21)N3SC)Nc1nc(C)nc2c1B4c1ccccc1O2. The summed E-state index contributed by atoms with van der Waals surface area (Å²) in [4.78, 5) is 30.2. The van der Waals surface area contributed by atoms with Gasteiger partial charge in [-0.3, -0.25) is 12.9 Å². The summed E-state index contributed by atoms with van der Waals surface area (Å²) < 4.78 is 19.8. The summed E-state index contributed by atoms with van der Waals surface area (Å²) in [5.74, 6) is 8.30. The van der Waals surface area contributed by atoms with Crippen LogP contribution in [0.15, 0.2) is 72.8 Å². The van der Waals surface area contributed by atoms with Gasteiger partial charge in [0, 0.05) is 40.8 Å². The second-order valence-electron chi connectivity index (χ2n) is 15.6. The van der Waals surface area contributed by atoms with Gasteiger partial charge in [0.25, 0.3) is 20.1 Å². The van der Waals surface area contributed by atoms with E-state index in [1.165, 1.54) is 16.4 Å². The molecular formula is C42H31B3N10O2S3. The Morgan fingerprint density at radius 3 is 1.52 bits per heavy atom. The van der Waals surface area contributed by atoms with Crippen LogP contribution in [0.2, 0.25) is 0 Å². The molecule has 288 valence electrons. The Morgan fingerprint density at radius 2 is 0.933 bits per heavy atom. The molecular weight excluding hydrogens is 805 g/mol. The molecule has 0 bridgehead atoms. The third-order valence-electron chi connectivity index (χ3n) is 12.4. The number of nitrogens with one attached hydrogen (secondary N) is 1. The molecule has 0 atom stereocenters. The molecule has 0 aliphatic carbocycles. The number of aromatic nitrogens is 6. The molecule has 18 heteroatoms. The standard InChI is InChI=1S/C42H31B3N10O2S3/c1-19-46-37-34-41(50-19)56-32-13-9-7-11-22(32)43(34)24-15-25-29(17-28(24)52-37)53(58-4)38-35-39(48-20(2)47-38)54(59-5)31-18-30-26(16-27(31)45(25)35)44-23-12-8-10-14-33(23)57-42-36(44)40(55(30)60-6)49-21(3)51-42/h7-18H,1-6H3,(H,46,50,52). The Labute approximate surface area is 360 Å². The largest absolute Gasteiger partial charge is 0.440 e. The first-order valence-corrected chi connectivity index (χ1v) is 23.2. The first-order chi connectivity index (χ1) is 29.3. The lowest BCUT2D eigenvalue weighted by Gasteiger charge is -2.44. The zero-order valence-corrected chi connectivity index (χ0v) is 35.7. The van der Waals surface area contributed by atoms with E-state index in [-0.39, 0.29) is 20.1 Å². The second kappa shape index (κ2) is 12.4. The highest BCUT2D eigenvalue weighted by Gasteiger charge is 2.50. The number of hydrogen-bond donors (Lipinski definition) is 1. The molecule has 13 rings (SSSR count). The van der Waals surface area contributed by atoms with Crippen LogP contribution in [0, 0.1) is 20.8 Å². The summed E-state index contributed by atoms with van der Waals surface area (Å²) in [6.45, 7) is 5.36. The molecule has 0 spiro atoms. The molecule has 0 unspecified atom stereocenters. The van der Waals surface area contributed by atoms with E-state index in [4.69, 9.17) is 39.4 Å². The van der Waals surface area contributed by atoms with E-state index >= 15 is 0 Å². The number of rotatable bonds is 3. The van der Waals surface area contributed by atoms with Gasteiger partial charge in [0.1, 0.15) is 52.2 Å². The van der Waals surface area contributed by atoms with E-state index in [9.17, 15) is 0 Å². The first kappa shape index (κ1) is 35.0. The maximum Gasteiger partial charge on any atom is 0.260 e. The van der Waals surface area contributed by atoms with Crippen LogP contribution in [0.3, 0.4) is 0 Å². The van der Waals surface area contributed by atoms with Crippen molar-refractivity contribution in [3.63, 3.8) is 0 Å². The molecule has 7 aromatic rings. The number of nitrogens with zero attached hydrogens (tertiary/aromatic N) is 9. The molecule has 6 aliphatic heterocycles. The number of ether oxygens (including phenoxy) is 2. The van der Waals surface area contributed by atoms with Gasteiger partial charge in [-0.25, -0.2) is 19.9 Å².